The lowest BCUT2D eigenvalue weighted by molar-refractivity contribution is -0.127. The number of piperazine rings is 1. The van der Waals surface area contributed by atoms with Gasteiger partial charge in [-0.2, -0.15) is 0 Å². The van der Waals surface area contributed by atoms with Gasteiger partial charge in [-0.3, -0.25) is 25.3 Å². The lowest BCUT2D eigenvalue weighted by atomic mass is 10.2. The van der Waals surface area contributed by atoms with Gasteiger partial charge in [0, 0.05) is 50.9 Å². The van der Waals surface area contributed by atoms with Crippen LogP contribution in [0.5, 0.6) is 5.75 Å². The molecule has 2 N–H and O–H groups in total. The molecule has 2 aromatic rings. The summed E-state index contributed by atoms with van der Waals surface area (Å²) in [4.78, 5) is 28.5. The fourth-order valence-electron chi connectivity index (χ4n) is 3.25. The second-order valence-electron chi connectivity index (χ2n) is 7.06. The van der Waals surface area contributed by atoms with E-state index in [1.165, 1.54) is 11.8 Å². The molecule has 1 saturated heterocycles. The van der Waals surface area contributed by atoms with Crippen molar-refractivity contribution < 1.29 is 14.3 Å². The molecule has 0 bridgehead atoms. The fraction of sp³-hybridized carbons (Fsp3) is 0.304. The first kappa shape index (κ1) is 21.4. The van der Waals surface area contributed by atoms with Gasteiger partial charge in [0.1, 0.15) is 5.75 Å². The number of nitrogens with zero attached hydrogens (tertiary/aromatic N) is 2. The number of hydrogen-bond acceptors (Lipinski definition) is 5. The Labute approximate surface area is 177 Å². The summed E-state index contributed by atoms with van der Waals surface area (Å²) >= 11 is 0. The van der Waals surface area contributed by atoms with Crippen molar-refractivity contribution in [3.05, 3.63) is 66.2 Å². The van der Waals surface area contributed by atoms with Crippen LogP contribution >= 0.6 is 0 Å². The molecule has 3 rings (SSSR count). The number of methoxy groups -OCH3 is 1. The van der Waals surface area contributed by atoms with E-state index in [1.807, 2.05) is 42.5 Å². The van der Waals surface area contributed by atoms with Crippen molar-refractivity contribution in [1.29, 1.82) is 0 Å². The Morgan fingerprint density at radius 3 is 2.33 bits per heavy atom. The van der Waals surface area contributed by atoms with Gasteiger partial charge in [0.25, 0.3) is 5.91 Å². The molecule has 0 radical (unpaired) electrons. The van der Waals surface area contributed by atoms with Gasteiger partial charge in [-0.15, -0.1) is 0 Å². The lowest BCUT2D eigenvalue weighted by Crippen LogP contribution is -2.48. The fourth-order valence-corrected chi connectivity index (χ4v) is 3.25. The summed E-state index contributed by atoms with van der Waals surface area (Å²) in [5.41, 5.74) is 6.98. The molecule has 1 aliphatic heterocycles. The van der Waals surface area contributed by atoms with Crippen molar-refractivity contribution in [2.75, 3.05) is 44.7 Å². The number of carbonyl (C=O) groups excluding carboxylic acids is 2. The number of para-hydroxylation sites is 1. The van der Waals surface area contributed by atoms with Crippen LogP contribution in [0.1, 0.15) is 12.0 Å². The number of amides is 2. The van der Waals surface area contributed by atoms with E-state index in [9.17, 15) is 9.59 Å². The molecule has 7 heteroatoms. The number of nitrogens with one attached hydrogen (secondary N) is 2. The van der Waals surface area contributed by atoms with E-state index < -0.39 is 0 Å². The topological polar surface area (TPSA) is 73.9 Å². The Morgan fingerprint density at radius 2 is 1.67 bits per heavy atom. The van der Waals surface area contributed by atoms with Crippen LogP contribution in [0.4, 0.5) is 5.69 Å². The van der Waals surface area contributed by atoms with E-state index in [1.54, 1.807) is 13.2 Å². The quantitative estimate of drug-likeness (QED) is 0.542. The van der Waals surface area contributed by atoms with Crippen molar-refractivity contribution in [3.8, 4) is 5.75 Å². The van der Waals surface area contributed by atoms with Gasteiger partial charge in [0.15, 0.2) is 0 Å². The summed E-state index contributed by atoms with van der Waals surface area (Å²) in [6, 6.07) is 17.7. The maximum absolute atomic E-state index is 12.0. The molecule has 1 heterocycles. The molecule has 0 aromatic heterocycles. The predicted molar refractivity (Wildman–Crippen MR) is 118 cm³/mol. The second-order valence-corrected chi connectivity index (χ2v) is 7.06. The van der Waals surface area contributed by atoms with Crippen LogP contribution in [0.15, 0.2) is 60.7 Å². The van der Waals surface area contributed by atoms with Crippen molar-refractivity contribution >= 4 is 23.6 Å². The number of anilines is 1. The molecule has 30 heavy (non-hydrogen) atoms. The summed E-state index contributed by atoms with van der Waals surface area (Å²) in [7, 11) is 1.60. The molecule has 2 aromatic carbocycles. The number of hydrogen-bond donors (Lipinski definition) is 2. The Kier molecular flexibility index (Phi) is 7.86. The number of hydrazine groups is 1. The molecule has 0 atom stereocenters. The highest BCUT2D eigenvalue weighted by atomic mass is 16.5. The third-order valence-corrected chi connectivity index (χ3v) is 5.02. The molecule has 0 spiro atoms. The van der Waals surface area contributed by atoms with Crippen LogP contribution in [0.2, 0.25) is 0 Å². The minimum atomic E-state index is -0.379. The van der Waals surface area contributed by atoms with Gasteiger partial charge in [-0.25, -0.2) is 0 Å². The van der Waals surface area contributed by atoms with E-state index in [0.717, 1.165) is 37.5 Å². The maximum Gasteiger partial charge on any atom is 0.262 e. The van der Waals surface area contributed by atoms with Crippen LogP contribution in [-0.2, 0) is 9.59 Å². The van der Waals surface area contributed by atoms with Gasteiger partial charge >= 0.3 is 0 Å². The number of benzene rings is 2. The summed E-state index contributed by atoms with van der Waals surface area (Å²) in [6.45, 7) is 4.39. The third-order valence-electron chi connectivity index (χ3n) is 5.02. The summed E-state index contributed by atoms with van der Waals surface area (Å²) in [5, 5.41) is 0. The van der Waals surface area contributed by atoms with E-state index in [-0.39, 0.29) is 11.8 Å². The molecule has 1 fully saturated rings. The third kappa shape index (κ3) is 6.63. The first-order valence-corrected chi connectivity index (χ1v) is 10.1. The Balaban J connectivity index is 1.32. The van der Waals surface area contributed by atoms with Crippen LogP contribution in [-0.4, -0.2) is 56.5 Å². The average Bonchev–Trinajstić information content (AvgIpc) is 2.81. The van der Waals surface area contributed by atoms with E-state index in [0.29, 0.717) is 13.0 Å². The molecule has 0 aliphatic carbocycles. The molecule has 7 nitrogen and oxygen atoms in total. The average molecular weight is 409 g/mol. The van der Waals surface area contributed by atoms with Crippen LogP contribution < -0.4 is 20.5 Å². The highest BCUT2D eigenvalue weighted by molar-refractivity contribution is 5.93. The predicted octanol–water partition coefficient (Wildman–Crippen LogP) is 2.07. The zero-order valence-corrected chi connectivity index (χ0v) is 17.2. The SMILES string of the molecule is COc1ccc(/C=C/C(=O)NNC(=O)CCN2CCN(c3ccccc3)CC2)cc1. The first-order valence-electron chi connectivity index (χ1n) is 10.1. The first-order chi connectivity index (χ1) is 14.6. The minimum absolute atomic E-state index is 0.202. The monoisotopic (exact) mass is 408 g/mol. The minimum Gasteiger partial charge on any atom is -0.497 e. The van der Waals surface area contributed by atoms with Crippen LogP contribution in [0.25, 0.3) is 6.08 Å². The van der Waals surface area contributed by atoms with E-state index >= 15 is 0 Å². The molecule has 1 aliphatic rings. The smallest absolute Gasteiger partial charge is 0.262 e. The van der Waals surface area contributed by atoms with Gasteiger partial charge in [0.05, 0.1) is 7.11 Å². The van der Waals surface area contributed by atoms with Crippen molar-refractivity contribution in [3.63, 3.8) is 0 Å². The Morgan fingerprint density at radius 1 is 0.967 bits per heavy atom. The summed E-state index contributed by atoms with van der Waals surface area (Å²) in [5.74, 6) is 0.174. The van der Waals surface area contributed by atoms with E-state index in [2.05, 4.69) is 32.8 Å². The molecule has 158 valence electrons. The zero-order chi connectivity index (χ0) is 21.2. The number of ether oxygens (including phenoxy) is 1. The molecule has 0 saturated carbocycles. The van der Waals surface area contributed by atoms with Gasteiger partial charge < -0.3 is 9.64 Å². The number of rotatable bonds is 7. The molecule has 2 amide bonds. The van der Waals surface area contributed by atoms with Crippen molar-refractivity contribution in [2.24, 2.45) is 0 Å². The largest absolute Gasteiger partial charge is 0.497 e. The Bertz CT molecular complexity index is 845. The van der Waals surface area contributed by atoms with Crippen molar-refractivity contribution in [1.82, 2.24) is 15.8 Å². The normalized spacial score (nSPS) is 14.5. The molecule has 0 unspecified atom stereocenters. The summed E-state index contributed by atoms with van der Waals surface area (Å²) in [6.07, 6.45) is 3.39. The highest BCUT2D eigenvalue weighted by Gasteiger charge is 2.17. The van der Waals surface area contributed by atoms with Crippen LogP contribution in [0.3, 0.4) is 0 Å². The van der Waals surface area contributed by atoms with Crippen molar-refractivity contribution in [2.45, 2.75) is 6.42 Å². The zero-order valence-electron chi connectivity index (χ0n) is 17.2. The molecular weight excluding hydrogens is 380 g/mol. The summed E-state index contributed by atoms with van der Waals surface area (Å²) < 4.78 is 5.10. The van der Waals surface area contributed by atoms with Crippen LogP contribution in [0, 0.1) is 0 Å². The lowest BCUT2D eigenvalue weighted by Gasteiger charge is -2.36. The van der Waals surface area contributed by atoms with E-state index in [4.69, 9.17) is 4.74 Å². The van der Waals surface area contributed by atoms with Gasteiger partial charge in [0.2, 0.25) is 5.91 Å². The van der Waals surface area contributed by atoms with Gasteiger partial charge in [-0.05, 0) is 35.9 Å². The standard InChI is InChI=1S/C23H28N4O3/c1-30-21-10-7-19(8-11-21)9-12-22(28)24-25-23(29)13-14-26-15-17-27(18-16-26)20-5-3-2-4-6-20/h2-12H,13-18H2,1H3,(H,24,28)(H,25,29)/b12-9+. The Hall–Kier alpha value is -3.32. The number of carbonyl (C=O) groups is 2. The maximum atomic E-state index is 12.0. The molecular formula is C23H28N4O3. The van der Waals surface area contributed by atoms with Gasteiger partial charge in [-0.1, -0.05) is 30.3 Å². The highest BCUT2D eigenvalue weighted by Crippen LogP contribution is 2.15. The second kappa shape index (κ2) is 11.0.